The highest BCUT2D eigenvalue weighted by molar-refractivity contribution is 5.75. The summed E-state index contributed by atoms with van der Waals surface area (Å²) in [6.45, 7) is 11.3. The van der Waals surface area contributed by atoms with E-state index in [0.29, 0.717) is 12.0 Å². The van der Waals surface area contributed by atoms with Gasteiger partial charge in [0.15, 0.2) is 0 Å². The van der Waals surface area contributed by atoms with Gasteiger partial charge in [0.1, 0.15) is 0 Å². The van der Waals surface area contributed by atoms with Crippen LogP contribution in [0.25, 0.3) is 0 Å². The smallest absolute Gasteiger partial charge is 0.317 e. The van der Waals surface area contributed by atoms with Crippen LogP contribution in [0.2, 0.25) is 0 Å². The van der Waals surface area contributed by atoms with Gasteiger partial charge in [-0.15, -0.1) is 0 Å². The van der Waals surface area contributed by atoms with E-state index in [1.54, 1.807) is 0 Å². The van der Waals surface area contributed by atoms with Gasteiger partial charge in [-0.25, -0.2) is 4.79 Å². The maximum absolute atomic E-state index is 12.6. The van der Waals surface area contributed by atoms with Crippen LogP contribution in [-0.4, -0.2) is 67.7 Å². The Morgan fingerprint density at radius 1 is 1.04 bits per heavy atom. The Kier molecular flexibility index (Phi) is 6.19. The number of nitrogens with zero attached hydrogens (tertiary/aromatic N) is 3. The zero-order chi connectivity index (χ0) is 17.6. The van der Waals surface area contributed by atoms with Crippen LogP contribution < -0.4 is 10.2 Å². The van der Waals surface area contributed by atoms with Crippen LogP contribution >= 0.6 is 0 Å². The highest BCUT2D eigenvalue weighted by Gasteiger charge is 2.25. The first-order chi connectivity index (χ1) is 12.1. The minimum absolute atomic E-state index is 0.120. The highest BCUT2D eigenvalue weighted by Crippen LogP contribution is 2.16. The van der Waals surface area contributed by atoms with Crippen molar-refractivity contribution in [2.24, 2.45) is 5.92 Å². The minimum atomic E-state index is 0.120. The molecule has 2 aliphatic heterocycles. The van der Waals surface area contributed by atoms with Crippen molar-refractivity contribution in [3.8, 4) is 0 Å². The average Bonchev–Trinajstić information content (AvgIpc) is 2.64. The van der Waals surface area contributed by atoms with Gasteiger partial charge < -0.3 is 20.0 Å². The number of carbonyl (C=O) groups is 1. The van der Waals surface area contributed by atoms with Gasteiger partial charge in [0.2, 0.25) is 0 Å². The van der Waals surface area contributed by atoms with Crippen molar-refractivity contribution in [3.05, 3.63) is 30.3 Å². The van der Waals surface area contributed by atoms with Gasteiger partial charge >= 0.3 is 6.03 Å². The van der Waals surface area contributed by atoms with E-state index >= 15 is 0 Å². The Bertz CT molecular complexity index is 532. The molecule has 0 aliphatic carbocycles. The van der Waals surface area contributed by atoms with Crippen molar-refractivity contribution in [2.45, 2.75) is 32.7 Å². The van der Waals surface area contributed by atoms with E-state index in [1.165, 1.54) is 12.2 Å². The van der Waals surface area contributed by atoms with Crippen LogP contribution in [-0.2, 0) is 0 Å². The number of urea groups is 1. The average molecular weight is 345 g/mol. The van der Waals surface area contributed by atoms with Gasteiger partial charge in [0.05, 0.1) is 0 Å². The molecule has 2 amide bonds. The van der Waals surface area contributed by atoms with E-state index in [9.17, 15) is 4.79 Å². The van der Waals surface area contributed by atoms with Crippen LogP contribution in [0.3, 0.4) is 0 Å². The molecule has 0 bridgehead atoms. The van der Waals surface area contributed by atoms with Gasteiger partial charge in [-0.05, 0) is 30.9 Å². The van der Waals surface area contributed by atoms with Gasteiger partial charge in [-0.3, -0.25) is 0 Å². The predicted octanol–water partition coefficient (Wildman–Crippen LogP) is 2.64. The normalized spacial score (nSPS) is 20.1. The van der Waals surface area contributed by atoms with Crippen LogP contribution in [0.1, 0.15) is 26.7 Å². The van der Waals surface area contributed by atoms with Crippen LogP contribution in [0.15, 0.2) is 30.3 Å². The molecule has 5 heteroatoms. The molecule has 0 unspecified atom stereocenters. The first-order valence-electron chi connectivity index (χ1n) is 9.69. The molecule has 2 fully saturated rings. The molecule has 2 saturated heterocycles. The Labute approximate surface area is 152 Å². The van der Waals surface area contributed by atoms with Crippen LogP contribution in [0.5, 0.6) is 0 Å². The molecule has 0 saturated carbocycles. The van der Waals surface area contributed by atoms with Gasteiger partial charge in [-0.1, -0.05) is 32.0 Å². The lowest BCUT2D eigenvalue weighted by atomic mass is 10.0. The number of hydrogen-bond donors (Lipinski definition) is 1. The van der Waals surface area contributed by atoms with E-state index in [-0.39, 0.29) is 6.03 Å². The largest absolute Gasteiger partial charge is 0.368 e. The Hall–Kier alpha value is -1.75. The molecular formula is C20H32N4O. The molecule has 0 spiro atoms. The van der Waals surface area contributed by atoms with Crippen molar-refractivity contribution in [1.29, 1.82) is 0 Å². The fourth-order valence-electron chi connectivity index (χ4n) is 3.85. The molecule has 2 aliphatic rings. The minimum Gasteiger partial charge on any atom is -0.368 e. The van der Waals surface area contributed by atoms with E-state index in [2.05, 4.69) is 53.2 Å². The van der Waals surface area contributed by atoms with Gasteiger partial charge in [0.25, 0.3) is 0 Å². The zero-order valence-electron chi connectivity index (χ0n) is 15.7. The van der Waals surface area contributed by atoms with Gasteiger partial charge in [-0.2, -0.15) is 0 Å². The number of anilines is 1. The molecule has 5 nitrogen and oxygen atoms in total. The molecule has 138 valence electrons. The third kappa shape index (κ3) is 5.11. The topological polar surface area (TPSA) is 38.8 Å². The number of piperidine rings is 1. The van der Waals surface area contributed by atoms with E-state index in [0.717, 1.165) is 52.1 Å². The maximum atomic E-state index is 12.6. The first-order valence-corrected chi connectivity index (χ1v) is 9.69. The van der Waals surface area contributed by atoms with E-state index in [4.69, 9.17) is 0 Å². The SMILES string of the molecule is CC(C)CN1CCC(NC(=O)N2CCN(c3ccccc3)CC2)CC1. The summed E-state index contributed by atoms with van der Waals surface area (Å²) in [6, 6.07) is 10.9. The first kappa shape index (κ1) is 18.1. The molecule has 1 aromatic carbocycles. The summed E-state index contributed by atoms with van der Waals surface area (Å²) in [5.74, 6) is 0.715. The number of hydrogen-bond acceptors (Lipinski definition) is 3. The standard InChI is InChI=1S/C20H32N4O/c1-17(2)16-22-10-8-18(9-11-22)21-20(25)24-14-12-23(13-15-24)19-6-4-3-5-7-19/h3-7,17-18H,8-16H2,1-2H3,(H,21,25). The molecular weight excluding hydrogens is 312 g/mol. The number of amides is 2. The van der Waals surface area contributed by atoms with Crippen molar-refractivity contribution >= 4 is 11.7 Å². The van der Waals surface area contributed by atoms with Crippen molar-refractivity contribution in [3.63, 3.8) is 0 Å². The number of nitrogens with one attached hydrogen (secondary N) is 1. The summed E-state index contributed by atoms with van der Waals surface area (Å²) in [5.41, 5.74) is 1.25. The number of rotatable bonds is 4. The lowest BCUT2D eigenvalue weighted by Gasteiger charge is -2.38. The van der Waals surface area contributed by atoms with E-state index in [1.807, 2.05) is 11.0 Å². The second kappa shape index (κ2) is 8.56. The molecule has 0 radical (unpaired) electrons. The lowest BCUT2D eigenvalue weighted by molar-refractivity contribution is 0.162. The molecule has 3 rings (SSSR count). The second-order valence-corrected chi connectivity index (χ2v) is 7.73. The van der Waals surface area contributed by atoms with Crippen molar-refractivity contribution in [2.75, 3.05) is 50.7 Å². The summed E-state index contributed by atoms with van der Waals surface area (Å²) in [5, 5.41) is 3.26. The monoisotopic (exact) mass is 344 g/mol. The summed E-state index contributed by atoms with van der Waals surface area (Å²) < 4.78 is 0. The maximum Gasteiger partial charge on any atom is 0.317 e. The Morgan fingerprint density at radius 3 is 2.28 bits per heavy atom. The van der Waals surface area contributed by atoms with Gasteiger partial charge in [0, 0.05) is 57.5 Å². The van der Waals surface area contributed by atoms with E-state index < -0.39 is 0 Å². The molecule has 1 N–H and O–H groups in total. The highest BCUT2D eigenvalue weighted by atomic mass is 16.2. The third-order valence-corrected chi connectivity index (χ3v) is 5.23. The fourth-order valence-corrected chi connectivity index (χ4v) is 3.85. The van der Waals surface area contributed by atoms with Crippen molar-refractivity contribution < 1.29 is 4.79 Å². The van der Waals surface area contributed by atoms with Crippen LogP contribution in [0, 0.1) is 5.92 Å². The molecule has 25 heavy (non-hydrogen) atoms. The molecule has 2 heterocycles. The van der Waals surface area contributed by atoms with Crippen LogP contribution in [0.4, 0.5) is 10.5 Å². The Morgan fingerprint density at radius 2 is 1.68 bits per heavy atom. The second-order valence-electron chi connectivity index (χ2n) is 7.73. The summed E-state index contributed by atoms with van der Waals surface area (Å²) in [6.07, 6.45) is 2.14. The number of benzene rings is 1. The number of piperazine rings is 1. The zero-order valence-corrected chi connectivity index (χ0v) is 15.7. The fraction of sp³-hybridized carbons (Fsp3) is 0.650. The summed E-state index contributed by atoms with van der Waals surface area (Å²) >= 11 is 0. The number of likely N-dealkylation sites (tertiary alicyclic amines) is 1. The molecule has 0 atom stereocenters. The molecule has 1 aromatic rings. The lowest BCUT2D eigenvalue weighted by Crippen LogP contribution is -2.55. The summed E-state index contributed by atoms with van der Waals surface area (Å²) in [4.78, 5) is 19.4. The quantitative estimate of drug-likeness (QED) is 0.913. The molecule has 0 aromatic heterocycles. The number of para-hydroxylation sites is 1. The Balaban J connectivity index is 1.40. The predicted molar refractivity (Wildman–Crippen MR) is 103 cm³/mol. The third-order valence-electron chi connectivity index (χ3n) is 5.23. The summed E-state index contributed by atoms with van der Waals surface area (Å²) in [7, 11) is 0. The number of carbonyl (C=O) groups excluding carboxylic acids is 1. The van der Waals surface area contributed by atoms with Crippen molar-refractivity contribution in [1.82, 2.24) is 15.1 Å².